The third-order valence-electron chi connectivity index (χ3n) is 1.26. The predicted molar refractivity (Wildman–Crippen MR) is 44.7 cm³/mol. The molecule has 0 aromatic carbocycles. The van der Waals surface area contributed by atoms with Crippen LogP contribution in [0.15, 0.2) is 11.1 Å². The third-order valence-corrected chi connectivity index (χ3v) is 2.24. The number of aldehydes is 1. The average molecular weight is 170 g/mol. The van der Waals surface area contributed by atoms with E-state index in [1.807, 2.05) is 20.0 Å². The van der Waals surface area contributed by atoms with Gasteiger partial charge in [-0.2, -0.15) is 5.10 Å². The summed E-state index contributed by atoms with van der Waals surface area (Å²) in [6.07, 6.45) is 0.896. The van der Waals surface area contributed by atoms with E-state index < -0.39 is 0 Å². The van der Waals surface area contributed by atoms with Crippen LogP contribution in [-0.2, 0) is 11.8 Å². The van der Waals surface area contributed by atoms with Crippen molar-refractivity contribution < 1.29 is 4.79 Å². The molecule has 1 rings (SSSR count). The molecular formula is C7H10N2OS. The molecule has 1 aromatic rings. The molecule has 0 N–H and O–H groups in total. The molecule has 60 valence electrons. The van der Waals surface area contributed by atoms with Gasteiger partial charge >= 0.3 is 0 Å². The van der Waals surface area contributed by atoms with Crippen molar-refractivity contribution in [1.82, 2.24) is 9.78 Å². The van der Waals surface area contributed by atoms with E-state index in [1.54, 1.807) is 4.68 Å². The Balaban J connectivity index is 2.69. The van der Waals surface area contributed by atoms with Gasteiger partial charge in [0.2, 0.25) is 0 Å². The molecule has 0 amide bonds. The smallest absolute Gasteiger partial charge is 0.130 e. The van der Waals surface area contributed by atoms with E-state index in [0.717, 1.165) is 17.0 Å². The minimum absolute atomic E-state index is 0.499. The average Bonchev–Trinajstić information content (AvgIpc) is 2.26. The molecule has 4 heteroatoms. The molecule has 0 bridgehead atoms. The quantitative estimate of drug-likeness (QED) is 0.502. The van der Waals surface area contributed by atoms with Crippen molar-refractivity contribution >= 4 is 18.0 Å². The summed E-state index contributed by atoms with van der Waals surface area (Å²) < 4.78 is 1.78. The largest absolute Gasteiger partial charge is 0.302 e. The highest BCUT2D eigenvalue weighted by atomic mass is 32.2. The normalized spacial score (nSPS) is 10.0. The van der Waals surface area contributed by atoms with Crippen LogP contribution in [0.5, 0.6) is 0 Å². The fourth-order valence-corrected chi connectivity index (χ4v) is 1.56. The second-order valence-electron chi connectivity index (χ2n) is 2.23. The minimum atomic E-state index is 0.499. The molecule has 1 aromatic heterocycles. The SMILES string of the molecule is Cc1cc(SCC=O)n(C)n1. The molecule has 0 aliphatic carbocycles. The number of aryl methyl sites for hydroxylation is 2. The molecule has 0 unspecified atom stereocenters. The van der Waals surface area contributed by atoms with Crippen LogP contribution in [0.1, 0.15) is 5.69 Å². The van der Waals surface area contributed by atoms with Gasteiger partial charge in [-0.25, -0.2) is 0 Å². The van der Waals surface area contributed by atoms with Crippen LogP contribution < -0.4 is 0 Å². The Kier molecular flexibility index (Phi) is 2.70. The maximum Gasteiger partial charge on any atom is 0.130 e. The van der Waals surface area contributed by atoms with E-state index in [0.29, 0.717) is 5.75 Å². The Morgan fingerprint density at radius 2 is 2.55 bits per heavy atom. The molecular weight excluding hydrogens is 160 g/mol. The molecule has 0 radical (unpaired) electrons. The van der Waals surface area contributed by atoms with Gasteiger partial charge in [-0.3, -0.25) is 4.68 Å². The Bertz CT molecular complexity index is 257. The zero-order valence-electron chi connectivity index (χ0n) is 6.57. The summed E-state index contributed by atoms with van der Waals surface area (Å²) in [7, 11) is 1.88. The Labute approximate surface area is 69.8 Å². The van der Waals surface area contributed by atoms with E-state index >= 15 is 0 Å². The Morgan fingerprint density at radius 3 is 3.00 bits per heavy atom. The van der Waals surface area contributed by atoms with Crippen LogP contribution in [0.25, 0.3) is 0 Å². The van der Waals surface area contributed by atoms with Crippen molar-refractivity contribution in [3.8, 4) is 0 Å². The second-order valence-corrected chi connectivity index (χ2v) is 3.27. The molecule has 11 heavy (non-hydrogen) atoms. The number of carbonyl (C=O) groups is 1. The molecule has 0 saturated carbocycles. The summed E-state index contributed by atoms with van der Waals surface area (Å²) in [5, 5.41) is 5.18. The first-order chi connectivity index (χ1) is 5.24. The summed E-state index contributed by atoms with van der Waals surface area (Å²) >= 11 is 1.50. The number of rotatable bonds is 3. The van der Waals surface area contributed by atoms with E-state index in [1.165, 1.54) is 11.8 Å². The summed E-state index contributed by atoms with van der Waals surface area (Å²) in [6, 6.07) is 1.97. The van der Waals surface area contributed by atoms with E-state index in [2.05, 4.69) is 5.10 Å². The standard InChI is InChI=1S/C7H10N2OS/c1-6-5-7(9(2)8-6)11-4-3-10/h3,5H,4H2,1-2H3. The fraction of sp³-hybridized carbons (Fsp3) is 0.429. The number of carbonyl (C=O) groups excluding carboxylic acids is 1. The zero-order chi connectivity index (χ0) is 8.27. The summed E-state index contributed by atoms with van der Waals surface area (Å²) in [5.41, 5.74) is 0.987. The number of aromatic nitrogens is 2. The lowest BCUT2D eigenvalue weighted by molar-refractivity contribution is -0.105. The zero-order valence-corrected chi connectivity index (χ0v) is 7.39. The Hall–Kier alpha value is -0.770. The van der Waals surface area contributed by atoms with E-state index in [-0.39, 0.29) is 0 Å². The van der Waals surface area contributed by atoms with Gasteiger partial charge < -0.3 is 4.79 Å². The molecule has 1 heterocycles. The number of thioether (sulfide) groups is 1. The van der Waals surface area contributed by atoms with Crippen molar-refractivity contribution in [1.29, 1.82) is 0 Å². The van der Waals surface area contributed by atoms with Gasteiger partial charge in [0, 0.05) is 7.05 Å². The van der Waals surface area contributed by atoms with Crippen LogP contribution in [0, 0.1) is 6.92 Å². The Morgan fingerprint density at radius 1 is 1.82 bits per heavy atom. The van der Waals surface area contributed by atoms with Crippen molar-refractivity contribution in [2.75, 3.05) is 5.75 Å². The van der Waals surface area contributed by atoms with Crippen molar-refractivity contribution in [2.45, 2.75) is 11.9 Å². The number of hydrogen-bond donors (Lipinski definition) is 0. The van der Waals surface area contributed by atoms with Crippen molar-refractivity contribution in [3.63, 3.8) is 0 Å². The highest BCUT2D eigenvalue weighted by Gasteiger charge is 2.00. The molecule has 0 fully saturated rings. The van der Waals surface area contributed by atoms with Gasteiger partial charge in [0.05, 0.1) is 16.5 Å². The molecule has 0 aliphatic heterocycles. The topological polar surface area (TPSA) is 34.9 Å². The molecule has 0 aliphatic rings. The monoisotopic (exact) mass is 170 g/mol. The lowest BCUT2D eigenvalue weighted by Crippen LogP contribution is -1.93. The second kappa shape index (κ2) is 3.57. The van der Waals surface area contributed by atoms with Crippen LogP contribution in [0.2, 0.25) is 0 Å². The van der Waals surface area contributed by atoms with Crippen LogP contribution >= 0.6 is 11.8 Å². The van der Waals surface area contributed by atoms with E-state index in [9.17, 15) is 4.79 Å². The van der Waals surface area contributed by atoms with Crippen molar-refractivity contribution in [2.24, 2.45) is 7.05 Å². The van der Waals surface area contributed by atoms with Crippen LogP contribution in [-0.4, -0.2) is 21.8 Å². The first-order valence-corrected chi connectivity index (χ1v) is 4.29. The molecule has 0 saturated heterocycles. The van der Waals surface area contributed by atoms with Gasteiger partial charge in [0.1, 0.15) is 6.29 Å². The predicted octanol–water partition coefficient (Wildman–Crippen LogP) is 1.02. The summed E-state index contributed by atoms with van der Waals surface area (Å²) in [4.78, 5) is 10.0. The maximum absolute atomic E-state index is 10.0. The van der Waals surface area contributed by atoms with Crippen LogP contribution in [0.3, 0.4) is 0 Å². The molecule has 0 atom stereocenters. The lowest BCUT2D eigenvalue weighted by atomic mass is 10.5. The first-order valence-electron chi connectivity index (χ1n) is 3.31. The summed E-state index contributed by atoms with van der Waals surface area (Å²) in [5.74, 6) is 0.499. The number of hydrogen-bond acceptors (Lipinski definition) is 3. The molecule has 3 nitrogen and oxygen atoms in total. The third kappa shape index (κ3) is 2.08. The van der Waals surface area contributed by atoms with Gasteiger partial charge in [0.15, 0.2) is 0 Å². The van der Waals surface area contributed by atoms with Crippen LogP contribution in [0.4, 0.5) is 0 Å². The van der Waals surface area contributed by atoms with Gasteiger partial charge in [-0.05, 0) is 13.0 Å². The number of nitrogens with zero attached hydrogens (tertiary/aromatic N) is 2. The highest BCUT2D eigenvalue weighted by molar-refractivity contribution is 7.99. The summed E-state index contributed by atoms with van der Waals surface area (Å²) in [6.45, 7) is 1.94. The lowest BCUT2D eigenvalue weighted by Gasteiger charge is -1.95. The first kappa shape index (κ1) is 8.33. The van der Waals surface area contributed by atoms with Gasteiger partial charge in [-0.15, -0.1) is 0 Å². The van der Waals surface area contributed by atoms with E-state index in [4.69, 9.17) is 0 Å². The highest BCUT2D eigenvalue weighted by Crippen LogP contribution is 2.16. The van der Waals surface area contributed by atoms with Gasteiger partial charge in [-0.1, -0.05) is 11.8 Å². The van der Waals surface area contributed by atoms with Gasteiger partial charge in [0.25, 0.3) is 0 Å². The van der Waals surface area contributed by atoms with Crippen molar-refractivity contribution in [3.05, 3.63) is 11.8 Å². The minimum Gasteiger partial charge on any atom is -0.302 e. The fourth-order valence-electron chi connectivity index (χ4n) is 0.841. The molecule has 0 spiro atoms. The maximum atomic E-state index is 10.0.